The molecule has 256 valence electrons. The van der Waals surface area contributed by atoms with Crippen LogP contribution < -0.4 is 15.4 Å². The van der Waals surface area contributed by atoms with Crippen LogP contribution in [0, 0.1) is 23.5 Å². The number of amides is 1. The Hall–Kier alpha value is -4.45. The van der Waals surface area contributed by atoms with Gasteiger partial charge in [0, 0.05) is 31.3 Å². The number of fused-ring (bicyclic) bond motifs is 1. The molecule has 0 aliphatic rings. The molecule has 1 amide bonds. The van der Waals surface area contributed by atoms with Crippen molar-refractivity contribution < 1.29 is 31.8 Å². The van der Waals surface area contributed by atoms with E-state index < -0.39 is 45.0 Å². The molecule has 1 atom stereocenters. The number of nitrogens with one attached hydrogen (secondary N) is 3. The summed E-state index contributed by atoms with van der Waals surface area (Å²) in [6.07, 6.45) is 0.0383. The van der Waals surface area contributed by atoms with Crippen LogP contribution in [0.25, 0.3) is 22.0 Å². The van der Waals surface area contributed by atoms with E-state index in [0.717, 1.165) is 24.5 Å². The molecule has 2 aromatic carbocycles. The van der Waals surface area contributed by atoms with Gasteiger partial charge in [0.15, 0.2) is 5.82 Å². The summed E-state index contributed by atoms with van der Waals surface area (Å²) in [4.78, 5) is 18.1. The number of halogens is 3. The number of hydrogen-bond acceptors (Lipinski definition) is 8. The molecular formula is C33H37ClF2N6O5S. The number of nitrogens with zero attached hydrogens (tertiary/aromatic N) is 3. The zero-order valence-corrected chi connectivity index (χ0v) is 29.3. The van der Waals surface area contributed by atoms with E-state index >= 15 is 0 Å². The second-order valence-electron chi connectivity index (χ2n) is 12.7. The van der Waals surface area contributed by atoms with Crippen molar-refractivity contribution in [3.8, 4) is 23.0 Å². The Morgan fingerprint density at radius 2 is 1.75 bits per heavy atom. The quantitative estimate of drug-likeness (QED) is 0.166. The summed E-state index contributed by atoms with van der Waals surface area (Å²) < 4.78 is 62.5. The number of carbonyl (C=O) groups is 1. The van der Waals surface area contributed by atoms with Crippen LogP contribution in [0.3, 0.4) is 0 Å². The minimum absolute atomic E-state index is 0.00321. The molecule has 0 fully saturated rings. The molecule has 4 N–H and O–H groups in total. The number of sulfonamides is 1. The van der Waals surface area contributed by atoms with Gasteiger partial charge in [-0.05, 0) is 76.8 Å². The predicted molar refractivity (Wildman–Crippen MR) is 182 cm³/mol. The number of alkyl carbamates (subject to hydrolysis) is 1. The minimum atomic E-state index is -3.74. The molecule has 0 bridgehead atoms. The number of benzene rings is 2. The fraction of sp³-hybridized carbons (Fsp3) is 0.364. The van der Waals surface area contributed by atoms with Gasteiger partial charge in [0.05, 0.1) is 39.6 Å². The third kappa shape index (κ3) is 9.12. The highest BCUT2D eigenvalue weighted by molar-refractivity contribution is 7.92. The van der Waals surface area contributed by atoms with Gasteiger partial charge in [-0.3, -0.25) is 9.40 Å². The predicted octanol–water partition coefficient (Wildman–Crippen LogP) is 5.91. The van der Waals surface area contributed by atoms with Crippen LogP contribution in [0.4, 0.5) is 25.1 Å². The van der Waals surface area contributed by atoms with Crippen molar-refractivity contribution in [3.63, 3.8) is 0 Å². The molecule has 15 heteroatoms. The van der Waals surface area contributed by atoms with Crippen LogP contribution in [-0.2, 0) is 28.2 Å². The Balaban J connectivity index is 2.08. The van der Waals surface area contributed by atoms with E-state index in [4.69, 9.17) is 21.3 Å². The molecule has 4 aromatic rings. The highest BCUT2D eigenvalue weighted by atomic mass is 35.5. The van der Waals surface area contributed by atoms with E-state index in [2.05, 4.69) is 32.3 Å². The van der Waals surface area contributed by atoms with Crippen molar-refractivity contribution >= 4 is 50.1 Å². The normalized spacial score (nSPS) is 12.7. The first-order valence-corrected chi connectivity index (χ1v) is 17.0. The van der Waals surface area contributed by atoms with E-state index in [0.29, 0.717) is 27.7 Å². The molecule has 11 nitrogen and oxygen atoms in total. The molecule has 0 unspecified atom stereocenters. The van der Waals surface area contributed by atoms with Gasteiger partial charge in [-0.25, -0.2) is 27.0 Å². The lowest BCUT2D eigenvalue weighted by atomic mass is 9.93. The zero-order valence-electron chi connectivity index (χ0n) is 27.7. The molecule has 4 rings (SSSR count). The number of hydrogen-bond donors (Lipinski definition) is 4. The minimum Gasteiger partial charge on any atom is -0.444 e. The Bertz CT molecular complexity index is 2040. The first-order chi connectivity index (χ1) is 22.1. The topological polar surface area (TPSA) is 147 Å². The molecule has 0 saturated carbocycles. The van der Waals surface area contributed by atoms with Gasteiger partial charge in [-0.1, -0.05) is 23.6 Å². The zero-order chi connectivity index (χ0) is 35.8. The van der Waals surface area contributed by atoms with Crippen molar-refractivity contribution in [1.82, 2.24) is 20.1 Å². The van der Waals surface area contributed by atoms with Crippen molar-refractivity contribution in [2.75, 3.05) is 23.3 Å². The standard InChI is InChI=1S/C33H37ClF2N6O5S/c1-32(2,3)47-31(43)39-26(15-18-13-19(35)16-20(36)14-18)28-22(17-25(37-6)24(38-28)11-12-33(4,5)44)21-9-10-23(34)27-29(21)42(7)40-30(27)41-48(8,45)46/h9-10,13-14,16-17,26,37,44H,15H2,1-8H3,(H,39,43)(H,40,41)/t26-/m0/s1. The smallest absolute Gasteiger partial charge is 0.408 e. The monoisotopic (exact) mass is 702 g/mol. The molecule has 2 heterocycles. The molecule has 0 aliphatic heterocycles. The molecule has 0 aliphatic carbocycles. The van der Waals surface area contributed by atoms with Crippen molar-refractivity contribution in [3.05, 3.63) is 70.0 Å². The van der Waals surface area contributed by atoms with Crippen LogP contribution in [-0.4, -0.2) is 58.9 Å². The SMILES string of the molecule is CNc1cc(-c2ccc(Cl)c3c(NS(C)(=O)=O)nn(C)c23)c([C@H](Cc2cc(F)cc(F)c2)NC(=O)OC(C)(C)C)nc1C#CC(C)(C)O. The number of aliphatic hydroxyl groups is 1. The van der Waals surface area contributed by atoms with Crippen LogP contribution in [0.1, 0.15) is 57.6 Å². The Kier molecular flexibility index (Phi) is 10.3. The lowest BCUT2D eigenvalue weighted by Gasteiger charge is -2.26. The van der Waals surface area contributed by atoms with Crippen LogP contribution >= 0.6 is 11.6 Å². The highest BCUT2D eigenvalue weighted by Crippen LogP contribution is 2.41. The molecule has 0 spiro atoms. The first-order valence-electron chi connectivity index (χ1n) is 14.7. The second kappa shape index (κ2) is 13.6. The van der Waals surface area contributed by atoms with Gasteiger partial charge in [-0.2, -0.15) is 5.10 Å². The van der Waals surface area contributed by atoms with Crippen LogP contribution in [0.5, 0.6) is 0 Å². The van der Waals surface area contributed by atoms with E-state index in [-0.39, 0.29) is 34.2 Å². The summed E-state index contributed by atoms with van der Waals surface area (Å²) in [7, 11) is -0.483. The van der Waals surface area contributed by atoms with Crippen molar-refractivity contribution in [2.45, 2.75) is 58.3 Å². The summed E-state index contributed by atoms with van der Waals surface area (Å²) >= 11 is 6.60. The highest BCUT2D eigenvalue weighted by Gasteiger charge is 2.28. The van der Waals surface area contributed by atoms with Crippen LogP contribution in [0.2, 0.25) is 5.02 Å². The number of carbonyl (C=O) groups excluding carboxylic acids is 1. The maximum Gasteiger partial charge on any atom is 0.408 e. The van der Waals surface area contributed by atoms with Gasteiger partial charge in [0.1, 0.15) is 28.5 Å². The number of aryl methyl sites for hydroxylation is 1. The second-order valence-corrected chi connectivity index (χ2v) is 14.9. The van der Waals surface area contributed by atoms with E-state index in [9.17, 15) is 27.1 Å². The Labute approximate surface area is 283 Å². The van der Waals surface area contributed by atoms with Gasteiger partial charge in [-0.15, -0.1) is 0 Å². The van der Waals surface area contributed by atoms with Crippen molar-refractivity contribution in [1.29, 1.82) is 0 Å². The third-order valence-corrected chi connectivity index (χ3v) is 7.58. The molecule has 2 aromatic heterocycles. The number of anilines is 2. The maximum absolute atomic E-state index is 14.4. The van der Waals surface area contributed by atoms with Crippen molar-refractivity contribution in [2.24, 2.45) is 7.05 Å². The van der Waals surface area contributed by atoms with Gasteiger partial charge < -0.3 is 20.5 Å². The fourth-order valence-electron chi connectivity index (χ4n) is 4.98. The molecule has 0 radical (unpaired) electrons. The number of pyridine rings is 1. The van der Waals surface area contributed by atoms with Crippen LogP contribution in [0.15, 0.2) is 36.4 Å². The van der Waals surface area contributed by atoms with E-state index in [1.54, 1.807) is 53.1 Å². The first kappa shape index (κ1) is 36.4. The third-order valence-electron chi connectivity index (χ3n) is 6.70. The lowest BCUT2D eigenvalue weighted by molar-refractivity contribution is 0.0502. The summed E-state index contributed by atoms with van der Waals surface area (Å²) in [6.45, 7) is 8.08. The molecule has 0 saturated heterocycles. The summed E-state index contributed by atoms with van der Waals surface area (Å²) in [6, 6.07) is 6.94. The lowest BCUT2D eigenvalue weighted by Crippen LogP contribution is -2.36. The number of aromatic nitrogens is 3. The fourth-order valence-corrected chi connectivity index (χ4v) is 5.72. The Morgan fingerprint density at radius 3 is 2.31 bits per heavy atom. The maximum atomic E-state index is 14.4. The Morgan fingerprint density at radius 1 is 1.10 bits per heavy atom. The molecular weight excluding hydrogens is 666 g/mol. The average molecular weight is 703 g/mol. The number of ether oxygens (including phenoxy) is 1. The summed E-state index contributed by atoms with van der Waals surface area (Å²) in [5.74, 6) is 4.01. The van der Waals surface area contributed by atoms with Gasteiger partial charge in [0.2, 0.25) is 10.0 Å². The van der Waals surface area contributed by atoms with Gasteiger partial charge in [0.25, 0.3) is 0 Å². The molecule has 48 heavy (non-hydrogen) atoms. The summed E-state index contributed by atoms with van der Waals surface area (Å²) in [5.41, 5.74) is 0.134. The largest absolute Gasteiger partial charge is 0.444 e. The van der Waals surface area contributed by atoms with E-state index in [1.807, 2.05) is 0 Å². The summed E-state index contributed by atoms with van der Waals surface area (Å²) in [5, 5.41) is 21.1. The number of rotatable bonds is 8. The van der Waals surface area contributed by atoms with Gasteiger partial charge >= 0.3 is 6.09 Å². The van der Waals surface area contributed by atoms with E-state index in [1.165, 1.54) is 18.5 Å². The average Bonchev–Trinajstić information content (AvgIpc) is 3.24.